The van der Waals surface area contributed by atoms with Crippen molar-refractivity contribution in [1.29, 1.82) is 0 Å². The summed E-state index contributed by atoms with van der Waals surface area (Å²) in [6.45, 7) is 0. The molecule has 0 bridgehead atoms. The fourth-order valence-corrected chi connectivity index (χ4v) is 3.67. The van der Waals surface area contributed by atoms with Gasteiger partial charge in [-0.2, -0.15) is 0 Å². The Balaban J connectivity index is 1.82. The van der Waals surface area contributed by atoms with Crippen LogP contribution in [0, 0.1) is 0 Å². The second-order valence-corrected chi connectivity index (χ2v) is 7.65. The van der Waals surface area contributed by atoms with Crippen molar-refractivity contribution in [1.82, 2.24) is 5.32 Å². The number of carbonyl (C=O) groups is 1. The Hall–Kier alpha value is -2.38. The normalized spacial score (nSPS) is 16.8. The van der Waals surface area contributed by atoms with Gasteiger partial charge in [0.2, 0.25) is 10.0 Å². The fraction of sp³-hybridized carbons (Fsp3) is 0.278. The zero-order valence-electron chi connectivity index (χ0n) is 13.9. The summed E-state index contributed by atoms with van der Waals surface area (Å²) in [7, 11) is -2.46. The van der Waals surface area contributed by atoms with Gasteiger partial charge in [0.25, 0.3) is 5.91 Å². The molecule has 25 heavy (non-hydrogen) atoms. The highest BCUT2D eigenvalue weighted by Crippen LogP contribution is 2.24. The van der Waals surface area contributed by atoms with Crippen molar-refractivity contribution in [2.75, 3.05) is 7.11 Å². The smallest absolute Gasteiger partial charge is 0.255 e. The maximum absolute atomic E-state index is 12.7. The SMILES string of the molecule is COc1ccc(S(N)(=O)=O)cc1C(=O)NC1CCc2ccccc2C1. The minimum absolute atomic E-state index is 0.00903. The predicted molar refractivity (Wildman–Crippen MR) is 94.1 cm³/mol. The summed E-state index contributed by atoms with van der Waals surface area (Å²) in [5.41, 5.74) is 2.69. The Morgan fingerprint density at radius 2 is 1.92 bits per heavy atom. The molecule has 3 N–H and O–H groups in total. The summed E-state index contributed by atoms with van der Waals surface area (Å²) in [5.74, 6) is -0.0622. The van der Waals surface area contributed by atoms with Gasteiger partial charge in [0.1, 0.15) is 5.75 Å². The average Bonchev–Trinajstić information content (AvgIpc) is 2.60. The molecule has 1 unspecified atom stereocenters. The summed E-state index contributed by atoms with van der Waals surface area (Å²) in [6, 6.07) is 12.2. The number of carbonyl (C=O) groups excluding carboxylic acids is 1. The number of rotatable bonds is 4. The van der Waals surface area contributed by atoms with Gasteiger partial charge in [-0.15, -0.1) is 0 Å². The standard InChI is InChI=1S/C18H20N2O4S/c1-24-17-9-8-15(25(19,22)23)11-16(17)18(21)20-14-7-6-12-4-2-3-5-13(12)10-14/h2-5,8-9,11,14H,6-7,10H2,1H3,(H,20,21)(H2,19,22,23). The largest absolute Gasteiger partial charge is 0.496 e. The Morgan fingerprint density at radius 1 is 1.20 bits per heavy atom. The Kier molecular flexibility index (Phi) is 4.78. The van der Waals surface area contributed by atoms with Crippen LogP contribution >= 0.6 is 0 Å². The lowest BCUT2D eigenvalue weighted by Gasteiger charge is -2.25. The molecule has 132 valence electrons. The van der Waals surface area contributed by atoms with Crippen molar-refractivity contribution in [3.8, 4) is 5.75 Å². The fourth-order valence-electron chi connectivity index (χ4n) is 3.13. The Labute approximate surface area is 147 Å². The van der Waals surface area contributed by atoms with E-state index in [4.69, 9.17) is 9.88 Å². The Morgan fingerprint density at radius 3 is 2.60 bits per heavy atom. The number of nitrogens with one attached hydrogen (secondary N) is 1. The molecule has 1 amide bonds. The molecule has 0 saturated heterocycles. The number of fused-ring (bicyclic) bond motifs is 1. The summed E-state index contributed by atoms with van der Waals surface area (Å²) >= 11 is 0. The zero-order chi connectivity index (χ0) is 18.0. The van der Waals surface area contributed by atoms with E-state index >= 15 is 0 Å². The highest BCUT2D eigenvalue weighted by atomic mass is 32.2. The monoisotopic (exact) mass is 360 g/mol. The van der Waals surface area contributed by atoms with E-state index in [-0.39, 0.29) is 22.4 Å². The van der Waals surface area contributed by atoms with Gasteiger partial charge in [0.05, 0.1) is 17.6 Å². The number of sulfonamides is 1. The summed E-state index contributed by atoms with van der Waals surface area (Å²) in [4.78, 5) is 12.5. The molecule has 1 aliphatic rings. The quantitative estimate of drug-likeness (QED) is 0.866. The van der Waals surface area contributed by atoms with E-state index in [2.05, 4.69) is 17.4 Å². The number of hydrogen-bond acceptors (Lipinski definition) is 4. The molecule has 2 aromatic rings. The van der Waals surface area contributed by atoms with E-state index in [1.165, 1.54) is 36.4 Å². The number of primary sulfonamides is 1. The van der Waals surface area contributed by atoms with Crippen molar-refractivity contribution in [3.05, 3.63) is 59.2 Å². The van der Waals surface area contributed by atoms with Crippen LogP contribution in [0.1, 0.15) is 27.9 Å². The molecule has 0 spiro atoms. The van der Waals surface area contributed by atoms with Crippen LogP contribution in [0.15, 0.2) is 47.4 Å². The topological polar surface area (TPSA) is 98.5 Å². The van der Waals surface area contributed by atoms with Gasteiger partial charge in [-0.05, 0) is 48.6 Å². The van der Waals surface area contributed by atoms with E-state index in [0.29, 0.717) is 5.75 Å². The third kappa shape index (κ3) is 3.83. The molecule has 2 aromatic carbocycles. The third-order valence-electron chi connectivity index (χ3n) is 4.43. The van der Waals surface area contributed by atoms with Gasteiger partial charge in [-0.3, -0.25) is 4.79 Å². The van der Waals surface area contributed by atoms with Crippen molar-refractivity contribution in [2.24, 2.45) is 5.14 Å². The molecule has 0 radical (unpaired) electrons. The molecule has 1 aliphatic carbocycles. The van der Waals surface area contributed by atoms with Crippen LogP contribution in [0.2, 0.25) is 0 Å². The minimum atomic E-state index is -3.89. The van der Waals surface area contributed by atoms with Gasteiger partial charge in [0, 0.05) is 6.04 Å². The first-order valence-corrected chi connectivity index (χ1v) is 9.51. The van der Waals surface area contributed by atoms with Crippen molar-refractivity contribution >= 4 is 15.9 Å². The van der Waals surface area contributed by atoms with E-state index in [1.807, 2.05) is 12.1 Å². The van der Waals surface area contributed by atoms with Gasteiger partial charge in [-0.25, -0.2) is 13.6 Å². The molecule has 1 atom stereocenters. The maximum atomic E-state index is 12.7. The highest BCUT2D eigenvalue weighted by Gasteiger charge is 2.23. The number of aryl methyl sites for hydroxylation is 1. The van der Waals surface area contributed by atoms with Crippen molar-refractivity contribution in [2.45, 2.75) is 30.2 Å². The van der Waals surface area contributed by atoms with Crippen LogP contribution in [0.5, 0.6) is 5.75 Å². The van der Waals surface area contributed by atoms with Gasteiger partial charge >= 0.3 is 0 Å². The molecule has 7 heteroatoms. The first-order valence-electron chi connectivity index (χ1n) is 7.97. The molecular weight excluding hydrogens is 340 g/mol. The number of methoxy groups -OCH3 is 1. The zero-order valence-corrected chi connectivity index (χ0v) is 14.7. The molecule has 0 saturated carbocycles. The summed E-state index contributed by atoms with van der Waals surface area (Å²) < 4.78 is 28.3. The Bertz CT molecular complexity index is 909. The molecule has 6 nitrogen and oxygen atoms in total. The number of amides is 1. The molecule has 0 aliphatic heterocycles. The van der Waals surface area contributed by atoms with Crippen LogP contribution in [-0.4, -0.2) is 27.5 Å². The lowest BCUT2D eigenvalue weighted by atomic mass is 9.88. The van der Waals surface area contributed by atoms with Crippen molar-refractivity contribution < 1.29 is 17.9 Å². The summed E-state index contributed by atoms with van der Waals surface area (Å²) in [6.07, 6.45) is 2.48. The van der Waals surface area contributed by atoms with Crippen molar-refractivity contribution in [3.63, 3.8) is 0 Å². The van der Waals surface area contributed by atoms with Crippen LogP contribution in [0.25, 0.3) is 0 Å². The van der Waals surface area contributed by atoms with Crippen LogP contribution in [0.4, 0.5) is 0 Å². The second-order valence-electron chi connectivity index (χ2n) is 6.09. The van der Waals surface area contributed by atoms with Crippen LogP contribution < -0.4 is 15.2 Å². The summed E-state index contributed by atoms with van der Waals surface area (Å²) in [5, 5.41) is 8.13. The highest BCUT2D eigenvalue weighted by molar-refractivity contribution is 7.89. The first-order chi connectivity index (χ1) is 11.9. The molecule has 0 fully saturated rings. The average molecular weight is 360 g/mol. The number of benzene rings is 2. The van der Waals surface area contributed by atoms with E-state index in [9.17, 15) is 13.2 Å². The molecular formula is C18H20N2O4S. The van der Waals surface area contributed by atoms with Gasteiger partial charge in [-0.1, -0.05) is 24.3 Å². The lowest BCUT2D eigenvalue weighted by Crippen LogP contribution is -2.39. The second kappa shape index (κ2) is 6.85. The van der Waals surface area contributed by atoms with Crippen LogP contribution in [-0.2, 0) is 22.9 Å². The minimum Gasteiger partial charge on any atom is -0.496 e. The lowest BCUT2D eigenvalue weighted by molar-refractivity contribution is 0.0930. The number of nitrogens with two attached hydrogens (primary N) is 1. The van der Waals surface area contributed by atoms with Gasteiger partial charge < -0.3 is 10.1 Å². The van der Waals surface area contributed by atoms with E-state index in [1.54, 1.807) is 0 Å². The van der Waals surface area contributed by atoms with E-state index in [0.717, 1.165) is 19.3 Å². The maximum Gasteiger partial charge on any atom is 0.255 e. The number of ether oxygens (including phenoxy) is 1. The first kappa shape index (κ1) is 17.4. The predicted octanol–water partition coefficient (Wildman–Crippen LogP) is 1.63. The third-order valence-corrected chi connectivity index (χ3v) is 5.34. The molecule has 3 rings (SSSR count). The van der Waals surface area contributed by atoms with Crippen LogP contribution in [0.3, 0.4) is 0 Å². The van der Waals surface area contributed by atoms with E-state index < -0.39 is 10.0 Å². The van der Waals surface area contributed by atoms with Gasteiger partial charge in [0.15, 0.2) is 0 Å². The number of hydrogen-bond donors (Lipinski definition) is 2. The molecule has 0 aromatic heterocycles. The molecule has 0 heterocycles.